The number of nitrogens with zero attached hydrogens (tertiary/aromatic N) is 4. The molecule has 4 rings (SSSR count). The molecule has 174 valence electrons. The van der Waals surface area contributed by atoms with Gasteiger partial charge in [0.25, 0.3) is 5.91 Å². The first-order chi connectivity index (χ1) is 15.6. The van der Waals surface area contributed by atoms with Gasteiger partial charge < -0.3 is 4.90 Å². The van der Waals surface area contributed by atoms with E-state index in [1.165, 1.54) is 9.58 Å². The van der Waals surface area contributed by atoms with Crippen molar-refractivity contribution in [1.82, 2.24) is 19.0 Å². The fourth-order valence-electron chi connectivity index (χ4n) is 3.48. The lowest BCUT2D eigenvalue weighted by Crippen LogP contribution is -2.50. The Balaban J connectivity index is 1.44. The van der Waals surface area contributed by atoms with Gasteiger partial charge in [-0.3, -0.25) is 4.79 Å². The molecule has 7 nitrogen and oxygen atoms in total. The molecule has 1 aromatic heterocycles. The molecule has 0 N–H and O–H groups in total. The zero-order valence-electron chi connectivity index (χ0n) is 17.0. The highest BCUT2D eigenvalue weighted by molar-refractivity contribution is 7.89. The summed E-state index contributed by atoms with van der Waals surface area (Å²) in [5, 5.41) is 4.80. The van der Waals surface area contributed by atoms with Crippen LogP contribution in [-0.2, 0) is 16.2 Å². The summed E-state index contributed by atoms with van der Waals surface area (Å²) in [5.74, 6) is -0.369. The maximum atomic E-state index is 13.0. The Morgan fingerprint density at radius 3 is 2.33 bits per heavy atom. The molecule has 3 aromatic rings. The van der Waals surface area contributed by atoms with E-state index in [9.17, 15) is 26.4 Å². The van der Waals surface area contributed by atoms with Crippen molar-refractivity contribution < 1.29 is 26.4 Å². The van der Waals surface area contributed by atoms with Crippen molar-refractivity contribution in [2.24, 2.45) is 0 Å². The van der Waals surface area contributed by atoms with E-state index in [4.69, 9.17) is 11.6 Å². The van der Waals surface area contributed by atoms with Gasteiger partial charge >= 0.3 is 6.18 Å². The molecule has 1 aliphatic rings. The quantitative estimate of drug-likeness (QED) is 0.550. The Hall–Kier alpha value is -2.89. The Kier molecular flexibility index (Phi) is 6.21. The second-order valence-electron chi connectivity index (χ2n) is 7.35. The summed E-state index contributed by atoms with van der Waals surface area (Å²) in [4.78, 5) is 13.9. The number of hydrogen-bond donors (Lipinski definition) is 0. The van der Waals surface area contributed by atoms with Gasteiger partial charge in [0.2, 0.25) is 10.0 Å². The molecular weight excluding hydrogens is 481 g/mol. The van der Waals surface area contributed by atoms with Crippen LogP contribution in [-0.4, -0.2) is 59.5 Å². The lowest BCUT2D eigenvalue weighted by Gasteiger charge is -2.33. The van der Waals surface area contributed by atoms with E-state index < -0.39 is 26.7 Å². The van der Waals surface area contributed by atoms with E-state index in [1.54, 1.807) is 36.5 Å². The predicted molar refractivity (Wildman–Crippen MR) is 115 cm³/mol. The van der Waals surface area contributed by atoms with Crippen LogP contribution in [0.1, 0.15) is 16.1 Å². The molecule has 1 aliphatic heterocycles. The standard InChI is InChI=1S/C21H18ClF3N4O3S/c22-16-4-2-5-17(14-16)29-8-7-19(26-29)20(30)27-9-11-28(12-10-27)33(31,32)18-6-1-3-15(13-18)21(23,24)25/h1-8,13-14H,9-12H2. The van der Waals surface area contributed by atoms with Crippen LogP contribution in [0.5, 0.6) is 0 Å². The average Bonchev–Trinajstić information content (AvgIpc) is 3.29. The molecule has 2 heterocycles. The molecule has 0 spiro atoms. The van der Waals surface area contributed by atoms with E-state index in [2.05, 4.69) is 5.10 Å². The van der Waals surface area contributed by atoms with E-state index in [0.717, 1.165) is 22.5 Å². The van der Waals surface area contributed by atoms with Gasteiger partial charge in [0.1, 0.15) is 0 Å². The van der Waals surface area contributed by atoms with E-state index in [0.29, 0.717) is 16.8 Å². The lowest BCUT2D eigenvalue weighted by atomic mass is 10.2. The maximum Gasteiger partial charge on any atom is 0.416 e. The van der Waals surface area contributed by atoms with Gasteiger partial charge in [0.05, 0.1) is 16.1 Å². The van der Waals surface area contributed by atoms with Gasteiger partial charge in [-0.25, -0.2) is 13.1 Å². The first-order valence-electron chi connectivity index (χ1n) is 9.84. The third kappa shape index (κ3) is 4.90. The first kappa shape index (κ1) is 23.3. The fraction of sp³-hybridized carbons (Fsp3) is 0.238. The van der Waals surface area contributed by atoms with Crippen molar-refractivity contribution in [3.05, 3.63) is 77.1 Å². The number of halogens is 4. The minimum Gasteiger partial charge on any atom is -0.335 e. The Bertz CT molecular complexity index is 1290. The highest BCUT2D eigenvalue weighted by Crippen LogP contribution is 2.31. The number of hydrogen-bond acceptors (Lipinski definition) is 4. The molecule has 0 atom stereocenters. The van der Waals surface area contributed by atoms with Gasteiger partial charge in [0, 0.05) is 37.4 Å². The molecule has 0 unspecified atom stereocenters. The van der Waals surface area contributed by atoms with Crippen LogP contribution in [0.25, 0.3) is 5.69 Å². The Morgan fingerprint density at radius 1 is 0.970 bits per heavy atom. The van der Waals surface area contributed by atoms with Gasteiger partial charge in [-0.15, -0.1) is 0 Å². The minimum atomic E-state index is -4.65. The molecule has 1 saturated heterocycles. The van der Waals surface area contributed by atoms with E-state index in [1.807, 2.05) is 0 Å². The summed E-state index contributed by atoms with van der Waals surface area (Å²) < 4.78 is 67.1. The second kappa shape index (κ2) is 8.81. The number of aromatic nitrogens is 2. The van der Waals surface area contributed by atoms with Crippen LogP contribution in [0.15, 0.2) is 65.7 Å². The molecule has 1 amide bonds. The summed E-state index contributed by atoms with van der Waals surface area (Å²) in [6, 6.07) is 12.1. The molecule has 0 aliphatic carbocycles. The average molecular weight is 499 g/mol. The van der Waals surface area contributed by atoms with Gasteiger partial charge in [-0.2, -0.15) is 22.6 Å². The number of sulfonamides is 1. The van der Waals surface area contributed by atoms with Crippen molar-refractivity contribution in [2.75, 3.05) is 26.2 Å². The number of carbonyl (C=O) groups is 1. The summed E-state index contributed by atoms with van der Waals surface area (Å²) in [6.45, 7) is 0.0841. The maximum absolute atomic E-state index is 13.0. The highest BCUT2D eigenvalue weighted by Gasteiger charge is 2.34. The van der Waals surface area contributed by atoms with E-state index >= 15 is 0 Å². The third-order valence-electron chi connectivity index (χ3n) is 5.21. The van der Waals surface area contributed by atoms with Crippen LogP contribution in [0, 0.1) is 0 Å². The number of carbonyl (C=O) groups excluding carboxylic acids is 1. The topological polar surface area (TPSA) is 75.5 Å². The summed E-state index contributed by atoms with van der Waals surface area (Å²) >= 11 is 5.99. The van der Waals surface area contributed by atoms with Crippen LogP contribution in [0.3, 0.4) is 0 Å². The normalized spacial score (nSPS) is 15.6. The van der Waals surface area contributed by atoms with Gasteiger partial charge in [-0.1, -0.05) is 23.7 Å². The molecule has 1 fully saturated rings. The Labute approximate surface area is 193 Å². The highest BCUT2D eigenvalue weighted by atomic mass is 35.5. The molecule has 0 radical (unpaired) electrons. The fourth-order valence-corrected chi connectivity index (χ4v) is 5.13. The second-order valence-corrected chi connectivity index (χ2v) is 9.72. The zero-order valence-corrected chi connectivity index (χ0v) is 18.6. The molecule has 0 bridgehead atoms. The molecule has 33 heavy (non-hydrogen) atoms. The molecule has 0 saturated carbocycles. The van der Waals surface area contributed by atoms with Crippen LogP contribution in [0.2, 0.25) is 5.02 Å². The van der Waals surface area contributed by atoms with Crippen LogP contribution >= 0.6 is 11.6 Å². The van der Waals surface area contributed by atoms with Crippen molar-refractivity contribution in [1.29, 1.82) is 0 Å². The summed E-state index contributed by atoms with van der Waals surface area (Å²) in [5.41, 5.74) is -0.171. The van der Waals surface area contributed by atoms with Crippen molar-refractivity contribution in [3.8, 4) is 5.69 Å². The monoisotopic (exact) mass is 498 g/mol. The lowest BCUT2D eigenvalue weighted by molar-refractivity contribution is -0.137. The van der Waals surface area contributed by atoms with Gasteiger partial charge in [-0.05, 0) is 42.5 Å². The summed E-state index contributed by atoms with van der Waals surface area (Å²) in [6.07, 6.45) is -3.03. The van der Waals surface area contributed by atoms with Gasteiger partial charge in [0.15, 0.2) is 5.69 Å². The van der Waals surface area contributed by atoms with E-state index in [-0.39, 0.29) is 37.8 Å². The number of piperazine rings is 1. The number of benzene rings is 2. The summed E-state index contributed by atoms with van der Waals surface area (Å²) in [7, 11) is -4.13. The largest absolute Gasteiger partial charge is 0.416 e. The van der Waals surface area contributed by atoms with Crippen molar-refractivity contribution in [3.63, 3.8) is 0 Å². The smallest absolute Gasteiger partial charge is 0.335 e. The number of amides is 1. The molecular formula is C21H18ClF3N4O3S. The minimum absolute atomic E-state index is 0.0423. The number of rotatable bonds is 4. The van der Waals surface area contributed by atoms with Crippen LogP contribution < -0.4 is 0 Å². The van der Waals surface area contributed by atoms with Crippen molar-refractivity contribution in [2.45, 2.75) is 11.1 Å². The zero-order chi connectivity index (χ0) is 23.8. The first-order valence-corrected chi connectivity index (χ1v) is 11.7. The number of alkyl halides is 3. The molecule has 2 aromatic carbocycles. The SMILES string of the molecule is O=C(c1ccn(-c2cccc(Cl)c2)n1)N1CCN(S(=O)(=O)c2cccc(C(F)(F)F)c2)CC1. The Morgan fingerprint density at radius 2 is 1.67 bits per heavy atom. The predicted octanol–water partition coefficient (Wildman–Crippen LogP) is 3.69. The molecule has 12 heteroatoms. The van der Waals surface area contributed by atoms with Crippen molar-refractivity contribution >= 4 is 27.5 Å². The van der Waals surface area contributed by atoms with Crippen LogP contribution in [0.4, 0.5) is 13.2 Å². The third-order valence-corrected chi connectivity index (χ3v) is 7.34.